The van der Waals surface area contributed by atoms with Crippen molar-refractivity contribution in [2.75, 3.05) is 27.2 Å². The van der Waals surface area contributed by atoms with E-state index < -0.39 is 0 Å². The highest BCUT2D eigenvalue weighted by molar-refractivity contribution is 14.0. The van der Waals surface area contributed by atoms with E-state index in [4.69, 9.17) is 0 Å². The number of nitrogens with one attached hydrogen (secondary N) is 2. The Balaban J connectivity index is 0.00000264. The van der Waals surface area contributed by atoms with Crippen molar-refractivity contribution >= 4 is 29.9 Å². The number of aliphatic imine (C=N–C) groups is 1. The molecule has 0 amide bonds. The molecule has 23 heavy (non-hydrogen) atoms. The Morgan fingerprint density at radius 2 is 2.09 bits per heavy atom. The van der Waals surface area contributed by atoms with Crippen LogP contribution in [0.15, 0.2) is 35.3 Å². The molecule has 2 unspecified atom stereocenters. The summed E-state index contributed by atoms with van der Waals surface area (Å²) < 4.78 is 0. The molecule has 1 heterocycles. The molecule has 4 nitrogen and oxygen atoms in total. The Bertz CT molecular complexity index is 463. The summed E-state index contributed by atoms with van der Waals surface area (Å²) in [5.74, 6) is 0.917. The molecular formula is C18H31IN4. The predicted octanol–water partition coefficient (Wildman–Crippen LogP) is 2.88. The lowest BCUT2D eigenvalue weighted by atomic mass is 10.1. The average Bonchev–Trinajstić information content (AvgIpc) is 2.95. The first-order valence-corrected chi connectivity index (χ1v) is 8.40. The van der Waals surface area contributed by atoms with E-state index in [1.165, 1.54) is 24.9 Å². The fourth-order valence-corrected chi connectivity index (χ4v) is 2.98. The number of guanidine groups is 1. The second-order valence-corrected chi connectivity index (χ2v) is 6.30. The van der Waals surface area contributed by atoms with Gasteiger partial charge in [-0.3, -0.25) is 4.99 Å². The van der Waals surface area contributed by atoms with Crippen molar-refractivity contribution in [2.24, 2.45) is 4.99 Å². The van der Waals surface area contributed by atoms with Crippen LogP contribution in [-0.4, -0.2) is 50.1 Å². The number of nitrogens with zero attached hydrogens (tertiary/aromatic N) is 2. The smallest absolute Gasteiger partial charge is 0.191 e. The van der Waals surface area contributed by atoms with Crippen molar-refractivity contribution in [3.05, 3.63) is 35.9 Å². The minimum Gasteiger partial charge on any atom is -0.355 e. The number of likely N-dealkylation sites (tertiary alicyclic amines) is 1. The zero-order valence-corrected chi connectivity index (χ0v) is 16.9. The third-order valence-electron chi connectivity index (χ3n) is 4.49. The van der Waals surface area contributed by atoms with Crippen molar-refractivity contribution < 1.29 is 0 Å². The van der Waals surface area contributed by atoms with E-state index >= 15 is 0 Å². The zero-order valence-electron chi connectivity index (χ0n) is 14.6. The molecule has 1 saturated heterocycles. The summed E-state index contributed by atoms with van der Waals surface area (Å²) >= 11 is 0. The van der Waals surface area contributed by atoms with E-state index in [0.29, 0.717) is 12.1 Å². The molecule has 2 atom stereocenters. The third kappa shape index (κ3) is 7.08. The molecule has 0 saturated carbocycles. The topological polar surface area (TPSA) is 39.7 Å². The van der Waals surface area contributed by atoms with Crippen molar-refractivity contribution in [3.8, 4) is 0 Å². The van der Waals surface area contributed by atoms with Crippen LogP contribution in [0.1, 0.15) is 31.7 Å². The molecule has 0 spiro atoms. The molecule has 2 N–H and O–H groups in total. The van der Waals surface area contributed by atoms with Gasteiger partial charge in [-0.1, -0.05) is 30.3 Å². The van der Waals surface area contributed by atoms with Crippen LogP contribution >= 0.6 is 24.0 Å². The molecule has 0 bridgehead atoms. The highest BCUT2D eigenvalue weighted by Gasteiger charge is 2.20. The number of halogens is 1. The van der Waals surface area contributed by atoms with Crippen LogP contribution in [-0.2, 0) is 6.42 Å². The summed E-state index contributed by atoms with van der Waals surface area (Å²) in [6, 6.07) is 11.7. The number of likely N-dealkylation sites (N-methyl/N-ethyl adjacent to an activating group) is 1. The maximum Gasteiger partial charge on any atom is 0.191 e. The summed E-state index contributed by atoms with van der Waals surface area (Å²) in [6.45, 7) is 4.41. The maximum atomic E-state index is 4.34. The summed E-state index contributed by atoms with van der Waals surface area (Å²) in [5.41, 5.74) is 1.40. The average molecular weight is 430 g/mol. The van der Waals surface area contributed by atoms with Crippen LogP contribution in [0, 0.1) is 0 Å². The minimum atomic E-state index is 0. The molecule has 1 aliphatic rings. The first kappa shape index (κ1) is 20.2. The van der Waals surface area contributed by atoms with Gasteiger partial charge in [-0.2, -0.15) is 0 Å². The van der Waals surface area contributed by atoms with Gasteiger partial charge in [-0.05, 0) is 51.8 Å². The van der Waals surface area contributed by atoms with Crippen molar-refractivity contribution in [3.63, 3.8) is 0 Å². The lowest BCUT2D eigenvalue weighted by Gasteiger charge is -2.23. The quantitative estimate of drug-likeness (QED) is 0.414. The standard InChI is InChI=1S/C18H30N4.HI/c1-15(11-12-16-8-5-4-6-9-16)21-18(19-2)20-14-17-10-7-13-22(17)3;/h4-6,8-9,15,17H,7,10-14H2,1-3H3,(H2,19,20,21);1H. The molecular weight excluding hydrogens is 399 g/mol. The fraction of sp³-hybridized carbons (Fsp3) is 0.611. The Kier molecular flexibility index (Phi) is 9.55. The van der Waals surface area contributed by atoms with Gasteiger partial charge in [0.05, 0.1) is 0 Å². The van der Waals surface area contributed by atoms with Crippen molar-refractivity contribution in [1.82, 2.24) is 15.5 Å². The number of hydrogen-bond acceptors (Lipinski definition) is 2. The number of rotatable bonds is 6. The van der Waals surface area contributed by atoms with E-state index in [9.17, 15) is 0 Å². The molecule has 130 valence electrons. The normalized spacial score (nSPS) is 20.0. The highest BCUT2D eigenvalue weighted by atomic mass is 127. The molecule has 5 heteroatoms. The van der Waals surface area contributed by atoms with E-state index in [0.717, 1.165) is 25.3 Å². The lowest BCUT2D eigenvalue weighted by Crippen LogP contribution is -2.46. The van der Waals surface area contributed by atoms with Gasteiger partial charge in [-0.25, -0.2) is 0 Å². The summed E-state index contributed by atoms with van der Waals surface area (Å²) in [4.78, 5) is 6.77. The van der Waals surface area contributed by atoms with Gasteiger partial charge in [-0.15, -0.1) is 24.0 Å². The van der Waals surface area contributed by atoms with Crippen molar-refractivity contribution in [1.29, 1.82) is 0 Å². The molecule has 0 radical (unpaired) electrons. The molecule has 1 aromatic rings. The maximum absolute atomic E-state index is 4.34. The Morgan fingerprint density at radius 1 is 1.35 bits per heavy atom. The first-order chi connectivity index (χ1) is 10.7. The fourth-order valence-electron chi connectivity index (χ4n) is 2.98. The molecule has 0 aromatic heterocycles. The molecule has 1 aliphatic heterocycles. The van der Waals surface area contributed by atoms with Crippen molar-refractivity contribution in [2.45, 2.75) is 44.7 Å². The Labute approximate surface area is 158 Å². The summed E-state index contributed by atoms with van der Waals surface area (Å²) in [6.07, 6.45) is 4.79. The third-order valence-corrected chi connectivity index (χ3v) is 4.49. The monoisotopic (exact) mass is 430 g/mol. The number of hydrogen-bond donors (Lipinski definition) is 2. The second-order valence-electron chi connectivity index (χ2n) is 6.30. The Morgan fingerprint density at radius 3 is 2.70 bits per heavy atom. The van der Waals surface area contributed by atoms with Gasteiger partial charge in [0.2, 0.25) is 0 Å². The second kappa shape index (κ2) is 10.9. The molecule has 1 aromatic carbocycles. The van der Waals surface area contributed by atoms with Gasteiger partial charge >= 0.3 is 0 Å². The number of benzene rings is 1. The Hall–Kier alpha value is -0.820. The van der Waals surface area contributed by atoms with Crippen LogP contribution in [0.25, 0.3) is 0 Å². The van der Waals surface area contributed by atoms with Crippen LogP contribution < -0.4 is 10.6 Å². The SMILES string of the molecule is CN=C(NCC1CCCN1C)NC(C)CCc1ccccc1.I. The highest BCUT2D eigenvalue weighted by Crippen LogP contribution is 2.13. The minimum absolute atomic E-state index is 0. The van der Waals surface area contributed by atoms with Gasteiger partial charge in [0.1, 0.15) is 0 Å². The van der Waals surface area contributed by atoms with Gasteiger partial charge in [0.15, 0.2) is 5.96 Å². The van der Waals surface area contributed by atoms with Crippen LogP contribution in [0.2, 0.25) is 0 Å². The van der Waals surface area contributed by atoms with Gasteiger partial charge in [0.25, 0.3) is 0 Å². The number of aryl methyl sites for hydroxylation is 1. The molecule has 2 rings (SSSR count). The van der Waals surface area contributed by atoms with Crippen LogP contribution in [0.4, 0.5) is 0 Å². The van der Waals surface area contributed by atoms with E-state index in [1.54, 1.807) is 0 Å². The van der Waals surface area contributed by atoms with Gasteiger partial charge < -0.3 is 15.5 Å². The predicted molar refractivity (Wildman–Crippen MR) is 110 cm³/mol. The van der Waals surface area contributed by atoms with Crippen LogP contribution in [0.3, 0.4) is 0 Å². The van der Waals surface area contributed by atoms with E-state index in [2.05, 4.69) is 64.8 Å². The van der Waals surface area contributed by atoms with Crippen LogP contribution in [0.5, 0.6) is 0 Å². The van der Waals surface area contributed by atoms with E-state index in [-0.39, 0.29) is 24.0 Å². The van der Waals surface area contributed by atoms with E-state index in [1.807, 2.05) is 7.05 Å². The lowest BCUT2D eigenvalue weighted by molar-refractivity contribution is 0.309. The summed E-state index contributed by atoms with van der Waals surface area (Å²) in [5, 5.41) is 6.96. The molecule has 0 aliphatic carbocycles. The molecule has 1 fully saturated rings. The zero-order chi connectivity index (χ0) is 15.8. The van der Waals surface area contributed by atoms with Gasteiger partial charge in [0, 0.05) is 25.7 Å². The largest absolute Gasteiger partial charge is 0.355 e. The summed E-state index contributed by atoms with van der Waals surface area (Å²) in [7, 11) is 4.05. The first-order valence-electron chi connectivity index (χ1n) is 8.40.